The van der Waals surface area contributed by atoms with Gasteiger partial charge in [-0.15, -0.1) is 0 Å². The van der Waals surface area contributed by atoms with Crippen LogP contribution in [0.15, 0.2) is 21.5 Å². The van der Waals surface area contributed by atoms with Crippen molar-refractivity contribution < 1.29 is 12.8 Å². The molecule has 0 atom stereocenters. The number of hydrogen-bond donors (Lipinski definition) is 2. The molecule has 0 amide bonds. The van der Waals surface area contributed by atoms with E-state index in [1.807, 2.05) is 0 Å². The Kier molecular flexibility index (Phi) is 4.47. The van der Waals surface area contributed by atoms with Crippen LogP contribution in [0.5, 0.6) is 0 Å². The minimum atomic E-state index is -3.69. The Morgan fingerprint density at radius 1 is 1.37 bits per heavy atom. The molecule has 0 spiro atoms. The van der Waals surface area contributed by atoms with Crippen molar-refractivity contribution >= 4 is 31.6 Å². The van der Waals surface area contributed by atoms with Crippen LogP contribution in [0.2, 0.25) is 0 Å². The number of rotatable bonds is 4. The van der Waals surface area contributed by atoms with E-state index in [1.165, 1.54) is 6.07 Å². The highest BCUT2D eigenvalue weighted by Gasteiger charge is 2.22. The van der Waals surface area contributed by atoms with Crippen LogP contribution in [0.4, 0.5) is 10.1 Å². The minimum Gasteiger partial charge on any atom is -0.398 e. The first kappa shape index (κ1) is 14.7. The van der Waals surface area contributed by atoms with Crippen LogP contribution in [0, 0.1) is 11.7 Å². The second-order valence-corrected chi connectivity index (χ2v) is 7.40. The third-order valence-corrected chi connectivity index (χ3v) is 5.47. The number of sulfonamides is 1. The largest absolute Gasteiger partial charge is 0.398 e. The van der Waals surface area contributed by atoms with Crippen LogP contribution in [0.1, 0.15) is 25.7 Å². The number of nitrogens with one attached hydrogen (secondary N) is 1. The Bertz CT molecular complexity index is 571. The van der Waals surface area contributed by atoms with Gasteiger partial charge in [0.1, 0.15) is 10.7 Å². The van der Waals surface area contributed by atoms with E-state index in [2.05, 4.69) is 20.7 Å². The smallest absolute Gasteiger partial charge is 0.242 e. The van der Waals surface area contributed by atoms with Crippen LogP contribution < -0.4 is 10.5 Å². The van der Waals surface area contributed by atoms with Gasteiger partial charge < -0.3 is 5.73 Å². The molecule has 0 bridgehead atoms. The third kappa shape index (κ3) is 3.46. The zero-order valence-corrected chi connectivity index (χ0v) is 12.7. The lowest BCUT2D eigenvalue weighted by Gasteiger charge is -2.13. The van der Waals surface area contributed by atoms with Crippen LogP contribution >= 0.6 is 15.9 Å². The zero-order chi connectivity index (χ0) is 14.0. The molecule has 0 saturated heterocycles. The fourth-order valence-electron chi connectivity index (χ4n) is 2.30. The lowest BCUT2D eigenvalue weighted by atomic mass is 10.1. The van der Waals surface area contributed by atoms with Crippen molar-refractivity contribution in [3.8, 4) is 0 Å². The molecule has 1 aliphatic carbocycles. The first-order chi connectivity index (χ1) is 8.90. The molecule has 4 nitrogen and oxygen atoms in total. The summed E-state index contributed by atoms with van der Waals surface area (Å²) in [5.74, 6) is -0.188. The van der Waals surface area contributed by atoms with Crippen molar-refractivity contribution in [2.24, 2.45) is 5.92 Å². The van der Waals surface area contributed by atoms with E-state index in [1.54, 1.807) is 0 Å². The minimum absolute atomic E-state index is 0.0837. The highest BCUT2D eigenvalue weighted by molar-refractivity contribution is 9.10. The van der Waals surface area contributed by atoms with Crippen molar-refractivity contribution in [2.45, 2.75) is 30.6 Å². The molecular formula is C12H16BrFN2O2S. The number of anilines is 1. The monoisotopic (exact) mass is 350 g/mol. The fraction of sp³-hybridized carbons (Fsp3) is 0.500. The van der Waals surface area contributed by atoms with Gasteiger partial charge >= 0.3 is 0 Å². The van der Waals surface area contributed by atoms with E-state index in [0.29, 0.717) is 12.5 Å². The summed E-state index contributed by atoms with van der Waals surface area (Å²) < 4.78 is 40.2. The van der Waals surface area contributed by atoms with Gasteiger partial charge in [0.15, 0.2) is 0 Å². The van der Waals surface area contributed by atoms with Gasteiger partial charge in [-0.3, -0.25) is 0 Å². The summed E-state index contributed by atoms with van der Waals surface area (Å²) in [6, 6.07) is 2.20. The van der Waals surface area contributed by atoms with Crippen molar-refractivity contribution in [3.05, 3.63) is 22.4 Å². The van der Waals surface area contributed by atoms with E-state index >= 15 is 0 Å². The van der Waals surface area contributed by atoms with Crippen molar-refractivity contribution in [2.75, 3.05) is 12.3 Å². The summed E-state index contributed by atoms with van der Waals surface area (Å²) in [5.41, 5.74) is 5.50. The molecule has 7 heteroatoms. The molecule has 106 valence electrons. The molecule has 0 unspecified atom stereocenters. The predicted octanol–water partition coefficient (Wildman–Crippen LogP) is 2.64. The predicted molar refractivity (Wildman–Crippen MR) is 75.7 cm³/mol. The van der Waals surface area contributed by atoms with Crippen LogP contribution in [0.25, 0.3) is 0 Å². The second-order valence-electron chi connectivity index (χ2n) is 4.81. The van der Waals surface area contributed by atoms with Crippen molar-refractivity contribution in [1.82, 2.24) is 4.72 Å². The SMILES string of the molecule is Nc1cc(F)c(Br)cc1S(=O)(=O)NCC1CCCC1. The van der Waals surface area contributed by atoms with Gasteiger partial charge in [-0.25, -0.2) is 17.5 Å². The van der Waals surface area contributed by atoms with E-state index in [-0.39, 0.29) is 15.1 Å². The number of nitrogens with two attached hydrogens (primary N) is 1. The van der Waals surface area contributed by atoms with Crippen LogP contribution in [-0.4, -0.2) is 15.0 Å². The Hall–Kier alpha value is -0.660. The van der Waals surface area contributed by atoms with Gasteiger partial charge in [0, 0.05) is 6.54 Å². The maximum absolute atomic E-state index is 13.2. The number of hydrogen-bond acceptors (Lipinski definition) is 3. The molecule has 1 saturated carbocycles. The summed E-state index contributed by atoms with van der Waals surface area (Å²) in [4.78, 5) is -0.0845. The topological polar surface area (TPSA) is 72.2 Å². The molecule has 0 radical (unpaired) electrons. The maximum atomic E-state index is 13.2. The molecule has 1 fully saturated rings. The fourth-order valence-corrected chi connectivity index (χ4v) is 4.04. The summed E-state index contributed by atoms with van der Waals surface area (Å²) >= 11 is 2.97. The molecule has 1 aromatic rings. The third-order valence-electron chi connectivity index (χ3n) is 3.38. The molecule has 1 aliphatic rings. The molecule has 0 aliphatic heterocycles. The summed E-state index contributed by atoms with van der Waals surface area (Å²) in [7, 11) is -3.69. The second kappa shape index (κ2) is 5.76. The highest BCUT2D eigenvalue weighted by Crippen LogP contribution is 2.27. The molecule has 2 rings (SSSR count). The van der Waals surface area contributed by atoms with Crippen LogP contribution in [-0.2, 0) is 10.0 Å². The summed E-state index contributed by atoms with van der Waals surface area (Å²) in [6.07, 6.45) is 4.39. The Balaban J connectivity index is 2.16. The van der Waals surface area contributed by atoms with Gasteiger partial charge in [0.05, 0.1) is 10.2 Å². The lowest BCUT2D eigenvalue weighted by Crippen LogP contribution is -2.29. The zero-order valence-electron chi connectivity index (χ0n) is 10.3. The highest BCUT2D eigenvalue weighted by atomic mass is 79.9. The number of halogens is 2. The van der Waals surface area contributed by atoms with E-state index in [9.17, 15) is 12.8 Å². The quantitative estimate of drug-likeness (QED) is 0.820. The average molecular weight is 351 g/mol. The van der Waals surface area contributed by atoms with Gasteiger partial charge in [0.2, 0.25) is 10.0 Å². The lowest BCUT2D eigenvalue weighted by molar-refractivity contribution is 0.519. The number of benzene rings is 1. The normalized spacial score (nSPS) is 16.9. The molecule has 19 heavy (non-hydrogen) atoms. The Morgan fingerprint density at radius 2 is 2.00 bits per heavy atom. The number of nitrogen functional groups attached to an aromatic ring is 1. The average Bonchev–Trinajstić information content (AvgIpc) is 2.84. The maximum Gasteiger partial charge on any atom is 0.242 e. The van der Waals surface area contributed by atoms with Gasteiger partial charge in [0.25, 0.3) is 0 Å². The molecule has 0 heterocycles. The molecule has 1 aromatic carbocycles. The molecule has 3 N–H and O–H groups in total. The Morgan fingerprint density at radius 3 is 2.63 bits per heavy atom. The summed E-state index contributed by atoms with van der Waals surface area (Å²) in [6.45, 7) is 0.413. The molecule has 0 aromatic heterocycles. The van der Waals surface area contributed by atoms with Gasteiger partial charge in [-0.1, -0.05) is 12.8 Å². The van der Waals surface area contributed by atoms with Crippen LogP contribution in [0.3, 0.4) is 0 Å². The van der Waals surface area contributed by atoms with Crippen molar-refractivity contribution in [1.29, 1.82) is 0 Å². The first-order valence-corrected chi connectivity index (χ1v) is 8.42. The van der Waals surface area contributed by atoms with E-state index < -0.39 is 15.8 Å². The molecular weight excluding hydrogens is 335 g/mol. The standard InChI is InChI=1S/C12H16BrFN2O2S/c13-9-5-12(11(15)6-10(9)14)19(17,18)16-7-8-3-1-2-4-8/h5-6,8,16H,1-4,7,15H2. The summed E-state index contributed by atoms with van der Waals surface area (Å²) in [5, 5.41) is 0. The van der Waals surface area contributed by atoms with E-state index in [4.69, 9.17) is 5.73 Å². The first-order valence-electron chi connectivity index (χ1n) is 6.14. The van der Waals surface area contributed by atoms with Crippen molar-refractivity contribution in [3.63, 3.8) is 0 Å². The van der Waals surface area contributed by atoms with Gasteiger partial charge in [-0.2, -0.15) is 0 Å². The van der Waals surface area contributed by atoms with Gasteiger partial charge in [-0.05, 0) is 46.8 Å². The van der Waals surface area contributed by atoms with E-state index in [0.717, 1.165) is 31.7 Å². The Labute approximate surface area is 120 Å².